The number of hydrogen-bond donors (Lipinski definition) is 0. The number of Topliss-reactive ketones (excluding diaryl/α,β-unsaturated/α-hetero) is 1. The van der Waals surface area contributed by atoms with Crippen molar-refractivity contribution in [2.75, 3.05) is 13.6 Å². The maximum atomic E-state index is 11.0. The normalized spacial score (nSPS) is 33.7. The number of nitrogens with zero attached hydrogens (tertiary/aromatic N) is 1. The molecule has 0 N–H and O–H groups in total. The number of carbonyl (C=O) groups excluding carboxylic acids is 1. The summed E-state index contributed by atoms with van der Waals surface area (Å²) < 4.78 is 0. The zero-order chi connectivity index (χ0) is 8.43. The summed E-state index contributed by atoms with van der Waals surface area (Å²) in [5.41, 5.74) is 0. The smallest absolute Gasteiger partial charge is 0.133 e. The lowest BCUT2D eigenvalue weighted by Gasteiger charge is -2.33. The number of carbonyl (C=O) groups is 1. The van der Waals surface area contributed by atoms with Crippen molar-refractivity contribution < 1.29 is 4.79 Å². The molecule has 1 rings (SSSR count). The van der Waals surface area contributed by atoms with Gasteiger partial charge >= 0.3 is 0 Å². The Kier molecular flexibility index (Phi) is 2.66. The summed E-state index contributed by atoms with van der Waals surface area (Å²) in [5, 5.41) is 0. The fraction of sp³-hybridized carbons (Fsp3) is 0.889. The summed E-state index contributed by atoms with van der Waals surface area (Å²) in [5.74, 6) is 0.700. The van der Waals surface area contributed by atoms with Crippen LogP contribution in [-0.2, 0) is 4.79 Å². The van der Waals surface area contributed by atoms with E-state index in [0.29, 0.717) is 17.7 Å². The fourth-order valence-corrected chi connectivity index (χ4v) is 1.66. The van der Waals surface area contributed by atoms with Gasteiger partial charge in [-0.15, -0.1) is 0 Å². The van der Waals surface area contributed by atoms with Gasteiger partial charge in [0.2, 0.25) is 0 Å². The monoisotopic (exact) mass is 155 g/mol. The summed E-state index contributed by atoms with van der Waals surface area (Å²) in [6.07, 6.45) is 2.10. The van der Waals surface area contributed by atoms with Crippen LogP contribution >= 0.6 is 0 Å². The number of likely N-dealkylation sites (tertiary alicyclic amines) is 1. The first kappa shape index (κ1) is 8.72. The Hall–Kier alpha value is -0.370. The molecule has 0 aliphatic carbocycles. The maximum Gasteiger partial charge on any atom is 0.133 e. The topological polar surface area (TPSA) is 20.3 Å². The van der Waals surface area contributed by atoms with E-state index in [1.54, 1.807) is 6.92 Å². The molecule has 1 aliphatic rings. The number of ketones is 1. The molecule has 11 heavy (non-hydrogen) atoms. The first-order valence-corrected chi connectivity index (χ1v) is 4.32. The lowest BCUT2D eigenvalue weighted by Crippen LogP contribution is -2.39. The minimum atomic E-state index is 0.334. The molecule has 1 saturated heterocycles. The molecule has 0 radical (unpaired) electrons. The van der Waals surface area contributed by atoms with Crippen molar-refractivity contribution in [1.82, 2.24) is 4.90 Å². The van der Waals surface area contributed by atoms with Crippen LogP contribution in [0.4, 0.5) is 0 Å². The minimum absolute atomic E-state index is 0.334. The van der Waals surface area contributed by atoms with E-state index in [9.17, 15) is 4.79 Å². The number of rotatable bonds is 1. The SMILES string of the molecule is CC(=O)C1CCN(C)C(C)C1. The second kappa shape index (κ2) is 3.35. The molecule has 2 unspecified atom stereocenters. The fourth-order valence-electron chi connectivity index (χ4n) is 1.66. The Morgan fingerprint density at radius 1 is 1.55 bits per heavy atom. The summed E-state index contributed by atoms with van der Waals surface area (Å²) >= 11 is 0. The van der Waals surface area contributed by atoms with Gasteiger partial charge in [0.05, 0.1) is 0 Å². The van der Waals surface area contributed by atoms with Gasteiger partial charge in [-0.25, -0.2) is 0 Å². The van der Waals surface area contributed by atoms with Crippen molar-refractivity contribution in [3.63, 3.8) is 0 Å². The molecule has 0 aromatic rings. The van der Waals surface area contributed by atoms with E-state index in [4.69, 9.17) is 0 Å². The minimum Gasteiger partial charge on any atom is -0.304 e. The average molecular weight is 155 g/mol. The van der Waals surface area contributed by atoms with E-state index < -0.39 is 0 Å². The zero-order valence-electron chi connectivity index (χ0n) is 7.63. The third-order valence-electron chi connectivity index (χ3n) is 2.78. The standard InChI is InChI=1S/C9H17NO/c1-7-6-9(8(2)11)4-5-10(7)3/h7,9H,4-6H2,1-3H3. The molecule has 0 spiro atoms. The second-order valence-electron chi connectivity index (χ2n) is 3.66. The van der Waals surface area contributed by atoms with Crippen LogP contribution in [0.25, 0.3) is 0 Å². The van der Waals surface area contributed by atoms with Gasteiger partial charge in [0.25, 0.3) is 0 Å². The summed E-state index contributed by atoms with van der Waals surface area (Å²) in [4.78, 5) is 13.4. The van der Waals surface area contributed by atoms with Crippen LogP contribution in [0.5, 0.6) is 0 Å². The van der Waals surface area contributed by atoms with Gasteiger partial charge in [-0.1, -0.05) is 0 Å². The van der Waals surface area contributed by atoms with Gasteiger partial charge in [0, 0.05) is 12.0 Å². The Bertz CT molecular complexity index is 156. The van der Waals surface area contributed by atoms with Crippen LogP contribution in [0.15, 0.2) is 0 Å². The highest BCUT2D eigenvalue weighted by Gasteiger charge is 2.25. The van der Waals surface area contributed by atoms with Crippen molar-refractivity contribution in [3.8, 4) is 0 Å². The lowest BCUT2D eigenvalue weighted by atomic mass is 9.89. The van der Waals surface area contributed by atoms with E-state index >= 15 is 0 Å². The molecule has 1 heterocycles. The molecule has 1 aliphatic heterocycles. The van der Waals surface area contributed by atoms with Gasteiger partial charge in [0.15, 0.2) is 0 Å². The number of hydrogen-bond acceptors (Lipinski definition) is 2. The zero-order valence-corrected chi connectivity index (χ0v) is 7.63. The largest absolute Gasteiger partial charge is 0.304 e. The Morgan fingerprint density at radius 3 is 2.64 bits per heavy atom. The van der Waals surface area contributed by atoms with Gasteiger partial charge < -0.3 is 4.90 Å². The third kappa shape index (κ3) is 2.03. The summed E-state index contributed by atoms with van der Waals surface area (Å²) in [6, 6.07) is 0.581. The van der Waals surface area contributed by atoms with Crippen LogP contribution in [0, 0.1) is 5.92 Å². The molecule has 0 bridgehead atoms. The molecule has 64 valence electrons. The summed E-state index contributed by atoms with van der Waals surface area (Å²) in [7, 11) is 2.13. The Morgan fingerprint density at radius 2 is 2.18 bits per heavy atom. The van der Waals surface area contributed by atoms with Crippen molar-refractivity contribution in [2.24, 2.45) is 5.92 Å². The van der Waals surface area contributed by atoms with Crippen LogP contribution in [0.3, 0.4) is 0 Å². The van der Waals surface area contributed by atoms with Crippen molar-refractivity contribution in [3.05, 3.63) is 0 Å². The van der Waals surface area contributed by atoms with Crippen LogP contribution in [0.1, 0.15) is 26.7 Å². The van der Waals surface area contributed by atoms with Gasteiger partial charge in [-0.3, -0.25) is 4.79 Å². The average Bonchev–Trinajstić information content (AvgIpc) is 1.94. The number of piperidine rings is 1. The van der Waals surface area contributed by atoms with Gasteiger partial charge in [-0.2, -0.15) is 0 Å². The molecule has 2 heteroatoms. The quantitative estimate of drug-likeness (QED) is 0.569. The molecule has 0 aromatic heterocycles. The Balaban J connectivity index is 2.46. The van der Waals surface area contributed by atoms with Crippen LogP contribution < -0.4 is 0 Å². The molecule has 0 amide bonds. The molecule has 2 atom stereocenters. The third-order valence-corrected chi connectivity index (χ3v) is 2.78. The predicted molar refractivity (Wildman–Crippen MR) is 45.5 cm³/mol. The van der Waals surface area contributed by atoms with Crippen LogP contribution in [0.2, 0.25) is 0 Å². The van der Waals surface area contributed by atoms with Crippen molar-refractivity contribution in [2.45, 2.75) is 32.7 Å². The van der Waals surface area contributed by atoms with E-state index in [-0.39, 0.29) is 0 Å². The highest BCUT2D eigenvalue weighted by atomic mass is 16.1. The van der Waals surface area contributed by atoms with E-state index in [1.165, 1.54) is 0 Å². The summed E-state index contributed by atoms with van der Waals surface area (Å²) in [6.45, 7) is 4.98. The second-order valence-corrected chi connectivity index (χ2v) is 3.66. The molecule has 2 nitrogen and oxygen atoms in total. The molecule has 0 saturated carbocycles. The molecule has 1 fully saturated rings. The lowest BCUT2D eigenvalue weighted by molar-refractivity contribution is -0.122. The Labute approximate surface area is 68.6 Å². The highest BCUT2D eigenvalue weighted by molar-refractivity contribution is 5.78. The first-order valence-electron chi connectivity index (χ1n) is 4.32. The maximum absolute atomic E-state index is 11.0. The van der Waals surface area contributed by atoms with E-state index in [2.05, 4.69) is 18.9 Å². The molecular formula is C9H17NO. The molecular weight excluding hydrogens is 138 g/mol. The van der Waals surface area contributed by atoms with E-state index in [1.807, 2.05) is 0 Å². The van der Waals surface area contributed by atoms with E-state index in [0.717, 1.165) is 19.4 Å². The van der Waals surface area contributed by atoms with Crippen LogP contribution in [-0.4, -0.2) is 30.3 Å². The first-order chi connectivity index (χ1) is 5.11. The van der Waals surface area contributed by atoms with Gasteiger partial charge in [-0.05, 0) is 40.3 Å². The highest BCUT2D eigenvalue weighted by Crippen LogP contribution is 2.21. The molecule has 0 aromatic carbocycles. The van der Waals surface area contributed by atoms with Crippen molar-refractivity contribution >= 4 is 5.78 Å². The van der Waals surface area contributed by atoms with Crippen molar-refractivity contribution in [1.29, 1.82) is 0 Å². The predicted octanol–water partition coefficient (Wildman–Crippen LogP) is 1.31. The van der Waals surface area contributed by atoms with Gasteiger partial charge in [0.1, 0.15) is 5.78 Å².